The number of ether oxygens (including phenoxy) is 2. The molecule has 10 heteroatoms. The number of rotatable bonds is 7. The fourth-order valence-electron chi connectivity index (χ4n) is 6.20. The number of benzene rings is 2. The minimum absolute atomic E-state index is 0.0694. The number of carbonyl (C=O) groups excluding carboxylic acids is 2. The zero-order valence-electron chi connectivity index (χ0n) is 23.2. The summed E-state index contributed by atoms with van der Waals surface area (Å²) in [5, 5.41) is 1.86. The van der Waals surface area contributed by atoms with Crippen molar-refractivity contribution in [3.05, 3.63) is 93.3 Å². The Hall–Kier alpha value is -3.60. The lowest BCUT2D eigenvalue weighted by Crippen LogP contribution is -2.67. The SMILES string of the molecule is CC(=O)[C@H]1C(=O)O[C@H]2[C@@H]1[C@H](n1cc(C)c(=O)[nH]c1=O)O[C@@H]2CO[Si](c1ccccc1)(c1ccccc1)C(C)(C)C. The van der Waals surface area contributed by atoms with Crippen LogP contribution in [0.2, 0.25) is 5.04 Å². The smallest absolute Gasteiger partial charge is 0.330 e. The molecular formula is C30H34N2O7Si. The molecule has 1 aromatic heterocycles. The van der Waals surface area contributed by atoms with Crippen molar-refractivity contribution in [1.82, 2.24) is 9.55 Å². The quantitative estimate of drug-likeness (QED) is 0.266. The molecule has 0 bridgehead atoms. The molecule has 40 heavy (non-hydrogen) atoms. The lowest BCUT2D eigenvalue weighted by Gasteiger charge is -2.43. The number of esters is 1. The van der Waals surface area contributed by atoms with Crippen molar-refractivity contribution >= 4 is 30.4 Å². The first-order chi connectivity index (χ1) is 19.0. The number of aromatic amines is 1. The highest BCUT2D eigenvalue weighted by molar-refractivity contribution is 6.99. The lowest BCUT2D eigenvalue weighted by molar-refractivity contribution is -0.153. The minimum Gasteiger partial charge on any atom is -0.458 e. The van der Waals surface area contributed by atoms with Crippen molar-refractivity contribution in [1.29, 1.82) is 0 Å². The zero-order valence-corrected chi connectivity index (χ0v) is 24.2. The van der Waals surface area contributed by atoms with Gasteiger partial charge in [0, 0.05) is 11.8 Å². The fourth-order valence-corrected chi connectivity index (χ4v) is 10.8. The maximum absolute atomic E-state index is 12.9. The normalized spacial score (nSPS) is 24.5. The lowest BCUT2D eigenvalue weighted by atomic mass is 9.86. The first-order valence-corrected chi connectivity index (χ1v) is 15.3. The standard InChI is InChI=1S/C30H34N2O7Si/c1-18-16-32(29(36)31-26(18)34)27-24-23(19(2)33)28(35)39-25(24)22(38-27)17-37-40(30(3,4)5,20-12-8-6-9-13-20)21-14-10-7-11-15-21/h6-16,22-25,27H,17H2,1-5H3,(H,31,34,36)/t22-,23-,24-,25-,27-/m1/s1. The summed E-state index contributed by atoms with van der Waals surface area (Å²) in [6.45, 7) is 9.45. The van der Waals surface area contributed by atoms with Crippen LogP contribution in [0.15, 0.2) is 76.4 Å². The number of nitrogens with one attached hydrogen (secondary N) is 1. The zero-order chi connectivity index (χ0) is 28.8. The van der Waals surface area contributed by atoms with E-state index in [0.29, 0.717) is 5.56 Å². The van der Waals surface area contributed by atoms with E-state index in [2.05, 4.69) is 50.0 Å². The molecule has 2 aliphatic rings. The Balaban J connectivity index is 1.57. The van der Waals surface area contributed by atoms with Gasteiger partial charge in [0.05, 0.1) is 12.5 Å². The number of hydrogen-bond donors (Lipinski definition) is 1. The Morgan fingerprint density at radius 1 is 1.00 bits per heavy atom. The molecule has 3 aromatic rings. The van der Waals surface area contributed by atoms with Gasteiger partial charge in [-0.15, -0.1) is 0 Å². The first-order valence-electron chi connectivity index (χ1n) is 13.4. The van der Waals surface area contributed by atoms with Gasteiger partial charge in [-0.3, -0.25) is 23.9 Å². The van der Waals surface area contributed by atoms with Gasteiger partial charge in [0.2, 0.25) is 0 Å². The number of carbonyl (C=O) groups is 2. The second-order valence-corrected chi connectivity index (χ2v) is 15.9. The van der Waals surface area contributed by atoms with Crippen LogP contribution in [0, 0.1) is 18.8 Å². The van der Waals surface area contributed by atoms with Crippen LogP contribution < -0.4 is 21.6 Å². The molecule has 2 saturated heterocycles. The largest absolute Gasteiger partial charge is 0.458 e. The summed E-state index contributed by atoms with van der Waals surface area (Å²) in [6, 6.07) is 20.2. The second-order valence-electron chi connectivity index (χ2n) is 11.6. The van der Waals surface area contributed by atoms with Crippen molar-refractivity contribution in [3.63, 3.8) is 0 Å². The van der Waals surface area contributed by atoms with E-state index in [1.807, 2.05) is 36.4 Å². The van der Waals surface area contributed by atoms with Crippen molar-refractivity contribution in [2.45, 2.75) is 58.1 Å². The van der Waals surface area contributed by atoms with E-state index in [1.165, 1.54) is 17.7 Å². The molecule has 9 nitrogen and oxygen atoms in total. The maximum atomic E-state index is 12.9. The van der Waals surface area contributed by atoms with Crippen LogP contribution in [-0.4, -0.2) is 48.4 Å². The van der Waals surface area contributed by atoms with Crippen molar-refractivity contribution in [2.75, 3.05) is 6.61 Å². The van der Waals surface area contributed by atoms with E-state index < -0.39 is 55.8 Å². The number of ketones is 1. The van der Waals surface area contributed by atoms with E-state index in [1.54, 1.807) is 6.92 Å². The van der Waals surface area contributed by atoms with E-state index in [4.69, 9.17) is 13.9 Å². The van der Waals surface area contributed by atoms with Crippen LogP contribution in [0.5, 0.6) is 0 Å². The molecule has 2 aliphatic heterocycles. The summed E-state index contributed by atoms with van der Waals surface area (Å²) in [5.74, 6) is -2.85. The summed E-state index contributed by atoms with van der Waals surface area (Å²) in [5.41, 5.74) is -0.893. The van der Waals surface area contributed by atoms with Gasteiger partial charge in [0.25, 0.3) is 13.9 Å². The van der Waals surface area contributed by atoms with Gasteiger partial charge in [-0.25, -0.2) is 4.79 Å². The Morgan fingerprint density at radius 3 is 2.10 bits per heavy atom. The molecule has 0 spiro atoms. The third-order valence-electron chi connectivity index (χ3n) is 8.02. The van der Waals surface area contributed by atoms with Crippen LogP contribution in [0.1, 0.15) is 39.5 Å². The van der Waals surface area contributed by atoms with E-state index in [-0.39, 0.29) is 17.4 Å². The molecule has 2 fully saturated rings. The molecule has 2 aromatic carbocycles. The molecule has 0 radical (unpaired) electrons. The summed E-state index contributed by atoms with van der Waals surface area (Å²) < 4.78 is 20.4. The number of hydrogen-bond acceptors (Lipinski definition) is 7. The fraction of sp³-hybridized carbons (Fsp3) is 0.400. The highest BCUT2D eigenvalue weighted by atomic mass is 28.4. The maximum Gasteiger partial charge on any atom is 0.330 e. The topological polar surface area (TPSA) is 117 Å². The Labute approximate surface area is 233 Å². The van der Waals surface area contributed by atoms with Crippen LogP contribution >= 0.6 is 0 Å². The summed E-state index contributed by atoms with van der Waals surface area (Å²) in [4.78, 5) is 52.6. The number of nitrogens with zero attached hydrogens (tertiary/aromatic N) is 1. The molecule has 0 saturated carbocycles. The molecular weight excluding hydrogens is 528 g/mol. The van der Waals surface area contributed by atoms with Gasteiger partial charge >= 0.3 is 11.7 Å². The molecule has 0 amide bonds. The van der Waals surface area contributed by atoms with Gasteiger partial charge in [-0.1, -0.05) is 81.4 Å². The number of fused-ring (bicyclic) bond motifs is 1. The van der Waals surface area contributed by atoms with Gasteiger partial charge in [-0.2, -0.15) is 0 Å². The van der Waals surface area contributed by atoms with Gasteiger partial charge in [0.15, 0.2) is 0 Å². The van der Waals surface area contributed by atoms with Crippen LogP contribution in [0.4, 0.5) is 0 Å². The number of aryl methyl sites for hydroxylation is 1. The third kappa shape index (κ3) is 4.59. The van der Waals surface area contributed by atoms with Crippen LogP contribution in [-0.2, 0) is 23.5 Å². The highest BCUT2D eigenvalue weighted by Gasteiger charge is 2.61. The summed E-state index contributed by atoms with van der Waals surface area (Å²) >= 11 is 0. The molecule has 3 heterocycles. The molecule has 0 aliphatic carbocycles. The van der Waals surface area contributed by atoms with Crippen molar-refractivity contribution in [2.24, 2.45) is 11.8 Å². The average molecular weight is 563 g/mol. The second kappa shape index (κ2) is 10.4. The molecule has 5 rings (SSSR count). The predicted molar refractivity (Wildman–Crippen MR) is 151 cm³/mol. The molecule has 5 atom stereocenters. The van der Waals surface area contributed by atoms with E-state index >= 15 is 0 Å². The number of aromatic nitrogens is 2. The third-order valence-corrected chi connectivity index (χ3v) is 13.0. The van der Waals surface area contributed by atoms with Crippen molar-refractivity contribution in [3.8, 4) is 0 Å². The van der Waals surface area contributed by atoms with Crippen LogP contribution in [0.25, 0.3) is 0 Å². The Morgan fingerprint density at radius 2 is 1.57 bits per heavy atom. The Bertz CT molecular complexity index is 1490. The molecule has 210 valence electrons. The predicted octanol–water partition coefficient (Wildman–Crippen LogP) is 2.07. The van der Waals surface area contributed by atoms with Gasteiger partial charge in [0.1, 0.15) is 30.1 Å². The summed E-state index contributed by atoms with van der Waals surface area (Å²) in [6.07, 6.45) is -1.15. The summed E-state index contributed by atoms with van der Waals surface area (Å²) in [7, 11) is -2.95. The van der Waals surface area contributed by atoms with Gasteiger partial charge in [-0.05, 0) is 29.3 Å². The van der Waals surface area contributed by atoms with Crippen molar-refractivity contribution < 1.29 is 23.5 Å². The first kappa shape index (κ1) is 27.9. The highest BCUT2D eigenvalue weighted by Crippen LogP contribution is 2.47. The molecule has 1 N–H and O–H groups in total. The number of H-pyrrole nitrogens is 1. The Kier molecular flexibility index (Phi) is 7.28. The number of Topliss-reactive ketones (excluding diaryl/α,β-unsaturated/α-hetero) is 1. The monoisotopic (exact) mass is 562 g/mol. The minimum atomic E-state index is -2.95. The van der Waals surface area contributed by atoms with Crippen LogP contribution in [0.3, 0.4) is 0 Å². The van der Waals surface area contributed by atoms with Gasteiger partial charge < -0.3 is 13.9 Å². The molecule has 0 unspecified atom stereocenters. The average Bonchev–Trinajstić information content (AvgIpc) is 3.42. The van der Waals surface area contributed by atoms with E-state index in [0.717, 1.165) is 10.4 Å². The van der Waals surface area contributed by atoms with E-state index in [9.17, 15) is 19.2 Å².